The first-order chi connectivity index (χ1) is 19.3. The van der Waals surface area contributed by atoms with Crippen LogP contribution in [0.25, 0.3) is 5.70 Å². The Morgan fingerprint density at radius 1 is 1.23 bits per heavy atom. The summed E-state index contributed by atoms with van der Waals surface area (Å²) in [7, 11) is 4.08. The molecule has 1 fully saturated rings. The van der Waals surface area contributed by atoms with Crippen LogP contribution in [0.5, 0.6) is 0 Å². The van der Waals surface area contributed by atoms with Gasteiger partial charge < -0.3 is 20.0 Å². The molecule has 216 valence electrons. The van der Waals surface area contributed by atoms with E-state index in [0.717, 1.165) is 59.0 Å². The maximum atomic E-state index is 10.2. The molecule has 1 aliphatic rings. The number of aryl methyl sites for hydroxylation is 2. The first-order valence-corrected chi connectivity index (χ1v) is 14.4. The van der Waals surface area contributed by atoms with Gasteiger partial charge in [0.05, 0.1) is 17.1 Å². The van der Waals surface area contributed by atoms with Crippen molar-refractivity contribution in [3.05, 3.63) is 90.4 Å². The number of aromatic nitrogens is 4. The van der Waals surface area contributed by atoms with Crippen LogP contribution in [0.2, 0.25) is 0 Å². The van der Waals surface area contributed by atoms with Gasteiger partial charge in [0.15, 0.2) is 5.82 Å². The summed E-state index contributed by atoms with van der Waals surface area (Å²) >= 11 is 0. The first-order valence-electron chi connectivity index (χ1n) is 14.4. The summed E-state index contributed by atoms with van der Waals surface area (Å²) in [5.74, 6) is 2.13. The quantitative estimate of drug-likeness (QED) is 0.179. The van der Waals surface area contributed by atoms with Crippen LogP contribution in [0.3, 0.4) is 0 Å². The Balaban J connectivity index is 0.000000287. The summed E-state index contributed by atoms with van der Waals surface area (Å²) in [6.45, 7) is 17.9. The molecule has 1 atom stereocenters. The van der Waals surface area contributed by atoms with E-state index < -0.39 is 0 Å². The molecular formula is C33H48N6O. The molecule has 1 aliphatic carbocycles. The van der Waals surface area contributed by atoms with Gasteiger partial charge in [-0.25, -0.2) is 4.98 Å². The molecule has 7 heteroatoms. The third kappa shape index (κ3) is 9.11. The van der Waals surface area contributed by atoms with E-state index in [-0.39, 0.29) is 0 Å². The smallest absolute Gasteiger partial charge is 0.156 e. The van der Waals surface area contributed by atoms with Crippen molar-refractivity contribution in [2.45, 2.75) is 78.6 Å². The molecule has 0 amide bonds. The minimum Gasteiger partial charge on any atom is -0.356 e. The molecule has 3 aromatic rings. The molecule has 0 spiro atoms. The average Bonchev–Trinajstić information content (AvgIpc) is 3.65. The standard InChI is InChI=1S/C18H27N5.C13H15NO.C2H6/c1-6-12(3)17-15(11-22(4)21-17)20-14(7-2)18-19-10-16(23(18)5)13-8-9-13;1-3-11(2)14-13-8-4-6-12(10-13)7-5-9-15;1-2/h7,10-13,20H,6,8-9H2,1-5H3;3-4,6,8-10,14H,1-2,5,7H2;1-2H3/b14-7+;;. The van der Waals surface area contributed by atoms with Crippen LogP contribution in [-0.4, -0.2) is 25.6 Å². The van der Waals surface area contributed by atoms with Gasteiger partial charge in [-0.15, -0.1) is 0 Å². The largest absolute Gasteiger partial charge is 0.356 e. The van der Waals surface area contributed by atoms with Gasteiger partial charge in [0.2, 0.25) is 0 Å². The molecule has 0 saturated heterocycles. The highest BCUT2D eigenvalue weighted by Gasteiger charge is 2.28. The minimum absolute atomic E-state index is 0.431. The first kappa shape index (κ1) is 32.3. The Morgan fingerprint density at radius 2 is 1.95 bits per heavy atom. The van der Waals surface area contributed by atoms with E-state index in [9.17, 15) is 4.79 Å². The number of aldehydes is 1. The van der Waals surface area contributed by atoms with Crippen molar-refractivity contribution >= 4 is 23.4 Å². The van der Waals surface area contributed by atoms with Crippen molar-refractivity contribution in [3.63, 3.8) is 0 Å². The predicted molar refractivity (Wildman–Crippen MR) is 170 cm³/mol. The molecule has 1 saturated carbocycles. The molecule has 2 heterocycles. The lowest BCUT2D eigenvalue weighted by Crippen LogP contribution is -2.08. The molecule has 40 heavy (non-hydrogen) atoms. The van der Waals surface area contributed by atoms with Crippen LogP contribution in [0, 0.1) is 0 Å². The Morgan fingerprint density at radius 3 is 2.55 bits per heavy atom. The number of rotatable bonds is 12. The van der Waals surface area contributed by atoms with Crippen molar-refractivity contribution < 1.29 is 4.79 Å². The third-order valence-corrected chi connectivity index (χ3v) is 6.78. The van der Waals surface area contributed by atoms with Gasteiger partial charge in [-0.2, -0.15) is 5.10 Å². The Hall–Kier alpha value is -3.87. The number of nitrogens with zero attached hydrogens (tertiary/aromatic N) is 4. The zero-order chi connectivity index (χ0) is 29.7. The average molecular weight is 545 g/mol. The SMILES string of the molecule is C/C=C(/Nc1cn(C)nc1C(C)CC)c1ncc(C2CC2)n1C.C=CC(=C)Nc1cccc(CCC=O)c1.CC. The summed E-state index contributed by atoms with van der Waals surface area (Å²) < 4.78 is 4.10. The van der Waals surface area contributed by atoms with Gasteiger partial charge in [0, 0.05) is 61.8 Å². The van der Waals surface area contributed by atoms with Crippen LogP contribution in [-0.2, 0) is 25.3 Å². The molecule has 1 unspecified atom stereocenters. The fourth-order valence-electron chi connectivity index (χ4n) is 4.26. The Labute approximate surface area is 241 Å². The molecular weight excluding hydrogens is 496 g/mol. The molecule has 2 aromatic heterocycles. The van der Waals surface area contributed by atoms with Crippen molar-refractivity contribution in [3.8, 4) is 0 Å². The van der Waals surface area contributed by atoms with Gasteiger partial charge in [-0.05, 0) is 56.4 Å². The van der Waals surface area contributed by atoms with Crippen molar-refractivity contribution in [2.24, 2.45) is 14.1 Å². The molecule has 4 rings (SSSR count). The molecule has 0 radical (unpaired) electrons. The normalized spacial score (nSPS) is 13.2. The monoisotopic (exact) mass is 544 g/mol. The lowest BCUT2D eigenvalue weighted by atomic mass is 10.0. The third-order valence-electron chi connectivity index (χ3n) is 6.78. The summed E-state index contributed by atoms with van der Waals surface area (Å²) in [5.41, 5.74) is 7.46. The fraction of sp³-hybridized carbons (Fsp3) is 0.424. The Bertz CT molecular complexity index is 1280. The molecule has 0 aliphatic heterocycles. The summed E-state index contributed by atoms with van der Waals surface area (Å²) in [5, 5.41) is 11.3. The molecule has 0 bridgehead atoms. The van der Waals surface area contributed by atoms with E-state index in [4.69, 9.17) is 0 Å². The van der Waals surface area contributed by atoms with Crippen molar-refractivity contribution in [1.82, 2.24) is 19.3 Å². The fourth-order valence-corrected chi connectivity index (χ4v) is 4.26. The summed E-state index contributed by atoms with van der Waals surface area (Å²) in [6, 6.07) is 7.93. The highest BCUT2D eigenvalue weighted by atomic mass is 16.1. The summed E-state index contributed by atoms with van der Waals surface area (Å²) in [4.78, 5) is 14.9. The van der Waals surface area contributed by atoms with E-state index in [1.54, 1.807) is 6.08 Å². The van der Waals surface area contributed by atoms with E-state index >= 15 is 0 Å². The lowest BCUT2D eigenvalue weighted by molar-refractivity contribution is -0.107. The van der Waals surface area contributed by atoms with Gasteiger partial charge in [0.1, 0.15) is 6.29 Å². The highest BCUT2D eigenvalue weighted by Crippen LogP contribution is 2.40. The van der Waals surface area contributed by atoms with E-state index in [0.29, 0.717) is 18.3 Å². The van der Waals surface area contributed by atoms with Gasteiger partial charge in [-0.3, -0.25) is 4.68 Å². The number of anilines is 2. The van der Waals surface area contributed by atoms with Crippen molar-refractivity contribution in [2.75, 3.05) is 10.6 Å². The molecule has 1 aromatic carbocycles. The zero-order valence-electron chi connectivity index (χ0n) is 25.5. The number of benzene rings is 1. The van der Waals surface area contributed by atoms with Crippen LogP contribution in [0.4, 0.5) is 11.4 Å². The highest BCUT2D eigenvalue weighted by molar-refractivity contribution is 5.74. The molecule has 7 nitrogen and oxygen atoms in total. The second kappa shape index (κ2) is 16.3. The van der Waals surface area contributed by atoms with Crippen LogP contribution >= 0.6 is 0 Å². The number of nitrogens with one attached hydrogen (secondary N) is 2. The Kier molecular flexibility index (Phi) is 13.2. The maximum absolute atomic E-state index is 10.2. The number of carbonyl (C=O) groups is 1. The van der Waals surface area contributed by atoms with Crippen LogP contribution in [0.1, 0.15) is 94.9 Å². The van der Waals surface area contributed by atoms with Crippen LogP contribution < -0.4 is 10.6 Å². The molecule has 2 N–H and O–H groups in total. The van der Waals surface area contributed by atoms with Crippen LogP contribution in [0.15, 0.2) is 67.7 Å². The number of carbonyl (C=O) groups excluding carboxylic acids is 1. The maximum Gasteiger partial charge on any atom is 0.156 e. The minimum atomic E-state index is 0.431. The van der Waals surface area contributed by atoms with E-state index in [1.807, 2.05) is 63.0 Å². The number of allylic oxidation sites excluding steroid dienone is 2. The number of imidazole rings is 1. The van der Waals surface area contributed by atoms with E-state index in [1.165, 1.54) is 18.5 Å². The summed E-state index contributed by atoms with van der Waals surface area (Å²) in [6.07, 6.45) is 13.8. The number of hydrogen-bond acceptors (Lipinski definition) is 5. The van der Waals surface area contributed by atoms with Crippen molar-refractivity contribution in [1.29, 1.82) is 0 Å². The second-order valence-corrected chi connectivity index (χ2v) is 9.84. The zero-order valence-corrected chi connectivity index (χ0v) is 25.5. The van der Waals surface area contributed by atoms with Gasteiger partial charge in [-0.1, -0.05) is 59.1 Å². The lowest BCUT2D eigenvalue weighted by Gasteiger charge is -2.13. The predicted octanol–water partition coefficient (Wildman–Crippen LogP) is 7.97. The number of hydrogen-bond donors (Lipinski definition) is 2. The topological polar surface area (TPSA) is 76.8 Å². The van der Waals surface area contributed by atoms with E-state index in [2.05, 4.69) is 71.6 Å². The van der Waals surface area contributed by atoms with Gasteiger partial charge >= 0.3 is 0 Å². The van der Waals surface area contributed by atoms with Gasteiger partial charge in [0.25, 0.3) is 0 Å². The second-order valence-electron chi connectivity index (χ2n) is 9.84.